The standard InChI is InChI=1S/C10H13BrO.C2H6/c1-3-4-10(11)9-6-8(12)5-7(9)2;1-2/h3-4,8,12H,2,5-6H2,1H3;1-2H3/b4-3-,10-9+;. The van der Waals surface area contributed by atoms with Crippen LogP contribution in [-0.4, -0.2) is 11.2 Å². The number of halogens is 1. The molecule has 0 aromatic heterocycles. The minimum absolute atomic E-state index is 0.231. The molecule has 0 bridgehead atoms. The molecule has 0 heterocycles. The van der Waals surface area contributed by atoms with Crippen molar-refractivity contribution in [1.29, 1.82) is 0 Å². The Balaban J connectivity index is 0.000000791. The summed E-state index contributed by atoms with van der Waals surface area (Å²) < 4.78 is 1.05. The Morgan fingerprint density at radius 2 is 2.07 bits per heavy atom. The van der Waals surface area contributed by atoms with Gasteiger partial charge in [-0.3, -0.25) is 0 Å². The molecule has 14 heavy (non-hydrogen) atoms. The van der Waals surface area contributed by atoms with Crippen LogP contribution in [-0.2, 0) is 0 Å². The topological polar surface area (TPSA) is 20.2 Å². The second kappa shape index (κ2) is 7.02. The van der Waals surface area contributed by atoms with E-state index in [0.29, 0.717) is 6.42 Å². The Hall–Kier alpha value is -0.340. The van der Waals surface area contributed by atoms with Crippen molar-refractivity contribution >= 4 is 15.9 Å². The molecule has 1 atom stereocenters. The third kappa shape index (κ3) is 3.81. The normalized spacial score (nSPS) is 24.9. The number of hydrogen-bond acceptors (Lipinski definition) is 1. The van der Waals surface area contributed by atoms with E-state index < -0.39 is 0 Å². The molecule has 2 heteroatoms. The van der Waals surface area contributed by atoms with Crippen LogP contribution in [0, 0.1) is 0 Å². The minimum atomic E-state index is -0.231. The molecule has 1 fully saturated rings. The molecule has 1 saturated carbocycles. The lowest BCUT2D eigenvalue weighted by molar-refractivity contribution is 0.190. The van der Waals surface area contributed by atoms with Gasteiger partial charge in [-0.15, -0.1) is 0 Å². The van der Waals surface area contributed by atoms with Crippen molar-refractivity contribution in [2.45, 2.75) is 39.7 Å². The molecule has 0 radical (unpaired) electrons. The van der Waals surface area contributed by atoms with Crippen molar-refractivity contribution in [1.82, 2.24) is 0 Å². The molecule has 0 amide bonds. The summed E-state index contributed by atoms with van der Waals surface area (Å²) in [5.74, 6) is 0. The molecule has 1 rings (SSSR count). The van der Waals surface area contributed by atoms with Crippen molar-refractivity contribution in [3.8, 4) is 0 Å². The van der Waals surface area contributed by atoms with Gasteiger partial charge in [0.1, 0.15) is 0 Å². The van der Waals surface area contributed by atoms with E-state index in [9.17, 15) is 5.11 Å². The summed E-state index contributed by atoms with van der Waals surface area (Å²) in [5, 5.41) is 9.35. The zero-order valence-electron chi connectivity index (χ0n) is 9.18. The summed E-state index contributed by atoms with van der Waals surface area (Å²) in [6.45, 7) is 9.88. The zero-order chi connectivity index (χ0) is 11.1. The van der Waals surface area contributed by atoms with E-state index in [1.165, 1.54) is 0 Å². The molecular weight excluding hydrogens is 240 g/mol. The second-order valence-electron chi connectivity index (χ2n) is 2.99. The van der Waals surface area contributed by atoms with E-state index >= 15 is 0 Å². The van der Waals surface area contributed by atoms with Gasteiger partial charge in [-0.25, -0.2) is 0 Å². The van der Waals surface area contributed by atoms with Gasteiger partial charge in [0.2, 0.25) is 0 Å². The zero-order valence-corrected chi connectivity index (χ0v) is 10.8. The Bertz CT molecular complexity index is 251. The van der Waals surface area contributed by atoms with E-state index in [1.54, 1.807) is 0 Å². The molecule has 1 nitrogen and oxygen atoms in total. The van der Waals surface area contributed by atoms with Crippen LogP contribution in [0.5, 0.6) is 0 Å². The van der Waals surface area contributed by atoms with Crippen LogP contribution in [0.3, 0.4) is 0 Å². The predicted octanol–water partition coefficient (Wildman–Crippen LogP) is 3.95. The lowest BCUT2D eigenvalue weighted by Crippen LogP contribution is -1.96. The molecule has 0 aromatic rings. The largest absolute Gasteiger partial charge is 0.392 e. The number of allylic oxidation sites excluding steroid dienone is 3. The van der Waals surface area contributed by atoms with Crippen LogP contribution < -0.4 is 0 Å². The van der Waals surface area contributed by atoms with E-state index in [0.717, 1.165) is 22.0 Å². The van der Waals surface area contributed by atoms with E-state index in [1.807, 2.05) is 32.9 Å². The first-order chi connectivity index (χ1) is 6.65. The van der Waals surface area contributed by atoms with Gasteiger partial charge in [-0.1, -0.05) is 48.5 Å². The summed E-state index contributed by atoms with van der Waals surface area (Å²) in [4.78, 5) is 0. The number of rotatable bonds is 1. The second-order valence-corrected chi connectivity index (χ2v) is 3.85. The van der Waals surface area contributed by atoms with Crippen molar-refractivity contribution < 1.29 is 5.11 Å². The highest BCUT2D eigenvalue weighted by Crippen LogP contribution is 2.34. The van der Waals surface area contributed by atoms with Gasteiger partial charge in [0, 0.05) is 10.9 Å². The summed E-state index contributed by atoms with van der Waals surface area (Å²) in [5.41, 5.74) is 2.20. The van der Waals surface area contributed by atoms with Crippen LogP contribution in [0.25, 0.3) is 0 Å². The van der Waals surface area contributed by atoms with Crippen LogP contribution in [0.4, 0.5) is 0 Å². The molecule has 1 aliphatic carbocycles. The fourth-order valence-corrected chi connectivity index (χ4v) is 2.08. The van der Waals surface area contributed by atoms with Crippen LogP contribution in [0.2, 0.25) is 0 Å². The molecule has 0 aliphatic heterocycles. The average Bonchev–Trinajstić information content (AvgIpc) is 2.49. The van der Waals surface area contributed by atoms with Crippen LogP contribution >= 0.6 is 15.9 Å². The first-order valence-corrected chi connectivity index (χ1v) is 5.82. The quantitative estimate of drug-likeness (QED) is 0.756. The maximum atomic E-state index is 9.35. The first-order valence-electron chi connectivity index (χ1n) is 5.02. The summed E-state index contributed by atoms with van der Waals surface area (Å²) in [7, 11) is 0. The molecule has 0 spiro atoms. The van der Waals surface area contributed by atoms with E-state index in [-0.39, 0.29) is 6.10 Å². The Labute approximate surface area is 95.3 Å². The molecule has 80 valence electrons. The van der Waals surface area contributed by atoms with Gasteiger partial charge in [-0.05, 0) is 24.5 Å². The minimum Gasteiger partial charge on any atom is -0.392 e. The summed E-state index contributed by atoms with van der Waals surface area (Å²) in [6.07, 6.45) is 5.16. The van der Waals surface area contributed by atoms with E-state index in [4.69, 9.17) is 0 Å². The molecule has 1 aliphatic rings. The Kier molecular flexibility index (Phi) is 6.85. The summed E-state index contributed by atoms with van der Waals surface area (Å²) >= 11 is 3.45. The van der Waals surface area contributed by atoms with Gasteiger partial charge >= 0.3 is 0 Å². The maximum absolute atomic E-state index is 9.35. The number of aliphatic hydroxyl groups is 1. The highest BCUT2D eigenvalue weighted by Gasteiger charge is 2.21. The number of hydrogen-bond donors (Lipinski definition) is 1. The highest BCUT2D eigenvalue weighted by atomic mass is 79.9. The fourth-order valence-electron chi connectivity index (χ4n) is 1.37. The third-order valence-corrected chi connectivity index (χ3v) is 2.69. The van der Waals surface area contributed by atoms with Crippen molar-refractivity contribution in [3.05, 3.63) is 34.4 Å². The van der Waals surface area contributed by atoms with Gasteiger partial charge in [-0.2, -0.15) is 0 Å². The van der Waals surface area contributed by atoms with Gasteiger partial charge < -0.3 is 5.11 Å². The van der Waals surface area contributed by atoms with Gasteiger partial charge in [0.25, 0.3) is 0 Å². The number of aliphatic hydroxyl groups excluding tert-OH is 1. The molecule has 1 unspecified atom stereocenters. The molecule has 1 N–H and O–H groups in total. The Morgan fingerprint density at radius 3 is 2.43 bits per heavy atom. The van der Waals surface area contributed by atoms with Crippen molar-refractivity contribution in [3.63, 3.8) is 0 Å². The van der Waals surface area contributed by atoms with Crippen molar-refractivity contribution in [2.24, 2.45) is 0 Å². The van der Waals surface area contributed by atoms with Crippen LogP contribution in [0.1, 0.15) is 33.6 Å². The fraction of sp³-hybridized carbons (Fsp3) is 0.500. The third-order valence-electron chi connectivity index (χ3n) is 1.95. The van der Waals surface area contributed by atoms with Crippen LogP contribution in [0.15, 0.2) is 34.4 Å². The first kappa shape index (κ1) is 13.7. The van der Waals surface area contributed by atoms with E-state index in [2.05, 4.69) is 22.5 Å². The van der Waals surface area contributed by atoms with Crippen molar-refractivity contribution in [2.75, 3.05) is 0 Å². The van der Waals surface area contributed by atoms with Gasteiger partial charge in [0.05, 0.1) is 6.10 Å². The maximum Gasteiger partial charge on any atom is 0.0621 e. The predicted molar refractivity (Wildman–Crippen MR) is 66.5 cm³/mol. The highest BCUT2D eigenvalue weighted by molar-refractivity contribution is 9.11. The molecule has 0 aromatic carbocycles. The lowest BCUT2D eigenvalue weighted by atomic mass is 10.1. The Morgan fingerprint density at radius 1 is 1.50 bits per heavy atom. The summed E-state index contributed by atoms with van der Waals surface area (Å²) in [6, 6.07) is 0. The smallest absolute Gasteiger partial charge is 0.0621 e. The SMILES string of the molecule is C=C1CC(O)C/C1=C(Br)/C=C\C.CC. The monoisotopic (exact) mass is 258 g/mol. The van der Waals surface area contributed by atoms with Gasteiger partial charge in [0.15, 0.2) is 0 Å². The molecular formula is C12H19BrO. The molecule has 0 saturated heterocycles. The lowest BCUT2D eigenvalue weighted by Gasteiger charge is -1.99. The average molecular weight is 259 g/mol.